The minimum absolute atomic E-state index is 0.0711. The molecule has 0 saturated heterocycles. The maximum Gasteiger partial charge on any atom is 0.142 e. The van der Waals surface area contributed by atoms with Crippen LogP contribution in [0.3, 0.4) is 0 Å². The number of rotatable bonds is 4. The molecule has 5 heteroatoms. The molecule has 2 aromatic rings. The highest BCUT2D eigenvalue weighted by atomic mass is 35.5. The molecule has 3 N–H and O–H groups in total. The fourth-order valence-electron chi connectivity index (χ4n) is 2.17. The van der Waals surface area contributed by atoms with Gasteiger partial charge in [0.25, 0.3) is 0 Å². The summed E-state index contributed by atoms with van der Waals surface area (Å²) in [7, 11) is 0. The van der Waals surface area contributed by atoms with Crippen LogP contribution in [0, 0.1) is 18.6 Å². The first-order valence-electron chi connectivity index (χ1n) is 6.18. The average molecular weight is 297 g/mol. The van der Waals surface area contributed by atoms with Crippen molar-refractivity contribution in [3.05, 3.63) is 69.7 Å². The second kappa shape index (κ2) is 6.31. The van der Waals surface area contributed by atoms with E-state index in [1.54, 1.807) is 18.2 Å². The van der Waals surface area contributed by atoms with E-state index in [9.17, 15) is 8.78 Å². The van der Waals surface area contributed by atoms with Gasteiger partial charge >= 0.3 is 0 Å². The predicted molar refractivity (Wildman–Crippen MR) is 76.3 cm³/mol. The largest absolute Gasteiger partial charge is 0.271 e. The summed E-state index contributed by atoms with van der Waals surface area (Å²) in [6, 6.07) is 8.76. The number of nitrogens with two attached hydrogens (primary N) is 1. The Morgan fingerprint density at radius 3 is 2.70 bits per heavy atom. The highest BCUT2D eigenvalue weighted by Crippen LogP contribution is 2.27. The van der Waals surface area contributed by atoms with Crippen molar-refractivity contribution >= 4 is 11.6 Å². The number of nitrogens with one attached hydrogen (secondary N) is 1. The summed E-state index contributed by atoms with van der Waals surface area (Å²) in [6.45, 7) is 1.87. The summed E-state index contributed by atoms with van der Waals surface area (Å²) < 4.78 is 26.8. The Morgan fingerprint density at radius 2 is 2.00 bits per heavy atom. The first kappa shape index (κ1) is 14.9. The predicted octanol–water partition coefficient (Wildman–Crippen LogP) is 3.67. The van der Waals surface area contributed by atoms with Crippen LogP contribution >= 0.6 is 11.6 Å². The highest BCUT2D eigenvalue weighted by Gasteiger charge is 2.16. The van der Waals surface area contributed by atoms with Gasteiger partial charge in [-0.3, -0.25) is 11.3 Å². The van der Waals surface area contributed by atoms with E-state index in [-0.39, 0.29) is 16.9 Å². The number of hydrazine groups is 1. The van der Waals surface area contributed by atoms with Crippen LogP contribution < -0.4 is 11.3 Å². The van der Waals surface area contributed by atoms with Gasteiger partial charge in [0.15, 0.2) is 0 Å². The van der Waals surface area contributed by atoms with E-state index in [0.717, 1.165) is 11.1 Å². The van der Waals surface area contributed by atoms with E-state index in [1.165, 1.54) is 18.2 Å². The molecule has 2 nitrogen and oxygen atoms in total. The first-order chi connectivity index (χ1) is 9.52. The van der Waals surface area contributed by atoms with E-state index >= 15 is 0 Å². The van der Waals surface area contributed by atoms with Crippen molar-refractivity contribution in [3.63, 3.8) is 0 Å². The molecule has 0 radical (unpaired) electrons. The maximum atomic E-state index is 13.4. The van der Waals surface area contributed by atoms with Gasteiger partial charge < -0.3 is 0 Å². The summed E-state index contributed by atoms with van der Waals surface area (Å²) in [6.07, 6.45) is 0.372. The second-order valence-electron chi connectivity index (χ2n) is 4.64. The van der Waals surface area contributed by atoms with E-state index < -0.39 is 5.82 Å². The molecule has 0 amide bonds. The van der Waals surface area contributed by atoms with Gasteiger partial charge in [0.05, 0.1) is 11.1 Å². The zero-order valence-electron chi connectivity index (χ0n) is 11.0. The normalized spacial score (nSPS) is 12.4. The molecular formula is C15H15ClF2N2. The van der Waals surface area contributed by atoms with Crippen LogP contribution in [0.2, 0.25) is 5.02 Å². The summed E-state index contributed by atoms with van der Waals surface area (Å²) in [5.74, 6) is 4.74. The molecule has 2 rings (SSSR count). The second-order valence-corrected chi connectivity index (χ2v) is 5.02. The van der Waals surface area contributed by atoms with Crippen molar-refractivity contribution < 1.29 is 8.78 Å². The number of benzene rings is 2. The molecule has 0 saturated carbocycles. The van der Waals surface area contributed by atoms with Gasteiger partial charge in [0.1, 0.15) is 11.6 Å². The van der Waals surface area contributed by atoms with Gasteiger partial charge in [-0.15, -0.1) is 0 Å². The van der Waals surface area contributed by atoms with E-state index in [1.807, 2.05) is 6.92 Å². The van der Waals surface area contributed by atoms with Gasteiger partial charge in [0, 0.05) is 0 Å². The third kappa shape index (κ3) is 3.15. The average Bonchev–Trinajstić information content (AvgIpc) is 2.43. The molecule has 0 aliphatic heterocycles. The van der Waals surface area contributed by atoms with E-state index in [4.69, 9.17) is 17.4 Å². The van der Waals surface area contributed by atoms with Crippen LogP contribution in [-0.4, -0.2) is 0 Å². The van der Waals surface area contributed by atoms with Crippen LogP contribution in [0.1, 0.15) is 22.7 Å². The molecule has 0 spiro atoms. The molecule has 20 heavy (non-hydrogen) atoms. The smallest absolute Gasteiger partial charge is 0.142 e. The fourth-order valence-corrected chi connectivity index (χ4v) is 2.37. The lowest BCUT2D eigenvalue weighted by atomic mass is 9.95. The summed E-state index contributed by atoms with van der Waals surface area (Å²) in [4.78, 5) is 0. The Bertz CT molecular complexity index is 617. The van der Waals surface area contributed by atoms with Crippen molar-refractivity contribution in [3.8, 4) is 0 Å². The molecule has 2 aromatic carbocycles. The number of hydrogen-bond acceptors (Lipinski definition) is 2. The minimum atomic E-state index is -0.476. The monoisotopic (exact) mass is 296 g/mol. The Labute approximate surface area is 121 Å². The van der Waals surface area contributed by atoms with Gasteiger partial charge in [-0.05, 0) is 48.2 Å². The van der Waals surface area contributed by atoms with Gasteiger partial charge in [-0.25, -0.2) is 8.78 Å². The lowest BCUT2D eigenvalue weighted by molar-refractivity contribution is 0.539. The molecule has 1 unspecified atom stereocenters. The Hall–Kier alpha value is -1.49. The maximum absolute atomic E-state index is 13.4. The van der Waals surface area contributed by atoms with Gasteiger partial charge in [0.2, 0.25) is 0 Å². The molecule has 106 valence electrons. The fraction of sp³-hybridized carbons (Fsp3) is 0.200. The van der Waals surface area contributed by atoms with Crippen LogP contribution in [0.4, 0.5) is 8.78 Å². The molecular weight excluding hydrogens is 282 g/mol. The van der Waals surface area contributed by atoms with Gasteiger partial charge in [-0.2, -0.15) is 0 Å². The lowest BCUT2D eigenvalue weighted by Gasteiger charge is -2.19. The molecule has 0 bridgehead atoms. The van der Waals surface area contributed by atoms with Crippen LogP contribution in [0.5, 0.6) is 0 Å². The topological polar surface area (TPSA) is 38.0 Å². The van der Waals surface area contributed by atoms with E-state index in [0.29, 0.717) is 12.0 Å². The Morgan fingerprint density at radius 1 is 1.25 bits per heavy atom. The van der Waals surface area contributed by atoms with Crippen molar-refractivity contribution in [1.29, 1.82) is 0 Å². The zero-order chi connectivity index (χ0) is 14.7. The van der Waals surface area contributed by atoms with E-state index in [2.05, 4.69) is 5.43 Å². The number of halogens is 3. The SMILES string of the molecule is Cc1ccc(F)cc1C(Cc1cccc(F)c1Cl)NN. The molecule has 0 aromatic heterocycles. The van der Waals surface area contributed by atoms with Crippen molar-refractivity contribution in [1.82, 2.24) is 5.43 Å². The Kier molecular flexibility index (Phi) is 4.70. The standard InChI is InChI=1S/C15H15ClF2N2/c1-9-5-6-11(17)8-12(9)14(20-19)7-10-3-2-4-13(18)15(10)16/h2-6,8,14,20H,7,19H2,1H3. The first-order valence-corrected chi connectivity index (χ1v) is 6.55. The van der Waals surface area contributed by atoms with Crippen molar-refractivity contribution in [2.24, 2.45) is 5.84 Å². The molecule has 0 aliphatic carbocycles. The molecule has 0 heterocycles. The summed E-state index contributed by atoms with van der Waals surface area (Å²) >= 11 is 5.94. The third-order valence-electron chi connectivity index (χ3n) is 3.27. The molecule has 0 fully saturated rings. The van der Waals surface area contributed by atoms with Crippen molar-refractivity contribution in [2.45, 2.75) is 19.4 Å². The Balaban J connectivity index is 2.34. The highest BCUT2D eigenvalue weighted by molar-refractivity contribution is 6.31. The third-order valence-corrected chi connectivity index (χ3v) is 3.70. The quantitative estimate of drug-likeness (QED) is 0.667. The summed E-state index contributed by atoms with van der Waals surface area (Å²) in [5.41, 5.74) is 4.89. The van der Waals surface area contributed by atoms with Crippen LogP contribution in [0.15, 0.2) is 36.4 Å². The molecule has 0 aliphatic rings. The number of hydrogen-bond donors (Lipinski definition) is 2. The summed E-state index contributed by atoms with van der Waals surface area (Å²) in [5, 5.41) is 0.0711. The van der Waals surface area contributed by atoms with Crippen LogP contribution in [0.25, 0.3) is 0 Å². The lowest BCUT2D eigenvalue weighted by Crippen LogP contribution is -2.30. The van der Waals surface area contributed by atoms with Gasteiger partial charge in [-0.1, -0.05) is 29.8 Å². The number of aryl methyl sites for hydroxylation is 1. The van der Waals surface area contributed by atoms with Crippen LogP contribution in [-0.2, 0) is 6.42 Å². The van der Waals surface area contributed by atoms with Crippen molar-refractivity contribution in [2.75, 3.05) is 0 Å². The molecule has 1 atom stereocenters. The minimum Gasteiger partial charge on any atom is -0.271 e. The zero-order valence-corrected chi connectivity index (χ0v) is 11.7.